The van der Waals surface area contributed by atoms with Crippen molar-refractivity contribution >= 4 is 17.0 Å². The van der Waals surface area contributed by atoms with Crippen LogP contribution < -0.4 is 4.90 Å². The van der Waals surface area contributed by atoms with Crippen LogP contribution in [0.15, 0.2) is 28.6 Å². The summed E-state index contributed by atoms with van der Waals surface area (Å²) in [7, 11) is 0. The van der Waals surface area contributed by atoms with Gasteiger partial charge in [0.2, 0.25) is 0 Å². The Labute approximate surface area is 190 Å². The van der Waals surface area contributed by atoms with Crippen molar-refractivity contribution in [3.05, 3.63) is 35.4 Å². The number of alkyl halides is 5. The Kier molecular flexibility index (Phi) is 4.69. The summed E-state index contributed by atoms with van der Waals surface area (Å²) in [5, 5.41) is 14.7. The van der Waals surface area contributed by atoms with Gasteiger partial charge in [0.1, 0.15) is 5.82 Å². The van der Waals surface area contributed by atoms with Gasteiger partial charge in [-0.2, -0.15) is 13.2 Å². The van der Waals surface area contributed by atoms with Gasteiger partial charge in [-0.25, -0.2) is 23.4 Å². The van der Waals surface area contributed by atoms with E-state index in [-0.39, 0.29) is 47.7 Å². The third kappa shape index (κ3) is 3.64. The fourth-order valence-corrected chi connectivity index (χ4v) is 3.87. The Bertz CT molecular complexity index is 1290. The Hall–Kier alpha value is -3.32. The molecule has 180 valence electrons. The number of nitrogens with zero attached hydrogens (tertiary/aromatic N) is 9. The second-order valence-corrected chi connectivity index (χ2v) is 9.44. The zero-order valence-corrected chi connectivity index (χ0v) is 18.5. The summed E-state index contributed by atoms with van der Waals surface area (Å²) in [6.45, 7) is 4.96. The van der Waals surface area contributed by atoms with Crippen molar-refractivity contribution < 1.29 is 22.0 Å². The van der Waals surface area contributed by atoms with Gasteiger partial charge in [-0.15, -0.1) is 15.3 Å². The highest BCUT2D eigenvalue weighted by Crippen LogP contribution is 2.53. The molecule has 2 aliphatic rings. The van der Waals surface area contributed by atoms with E-state index < -0.39 is 29.7 Å². The lowest BCUT2D eigenvalue weighted by molar-refractivity contribution is -0.166. The summed E-state index contributed by atoms with van der Waals surface area (Å²) in [6, 6.07) is 2.64. The van der Waals surface area contributed by atoms with Crippen LogP contribution in [-0.4, -0.2) is 55.1 Å². The highest BCUT2D eigenvalue weighted by atomic mass is 19.4. The van der Waals surface area contributed by atoms with Crippen molar-refractivity contribution in [2.24, 2.45) is 10.2 Å². The summed E-state index contributed by atoms with van der Waals surface area (Å²) in [4.78, 5) is 14.6. The molecule has 2 aliphatic heterocycles. The molecule has 1 saturated heterocycles. The summed E-state index contributed by atoms with van der Waals surface area (Å²) in [6.07, 6.45) is -3.68. The molecule has 34 heavy (non-hydrogen) atoms. The molecule has 5 rings (SSSR count). The van der Waals surface area contributed by atoms with Gasteiger partial charge in [0.15, 0.2) is 17.0 Å². The molecule has 0 atom stereocenters. The zero-order chi connectivity index (χ0) is 24.5. The van der Waals surface area contributed by atoms with Gasteiger partial charge in [0, 0.05) is 30.1 Å². The fraction of sp³-hybridized carbons (Fsp3) is 0.550. The Morgan fingerprint density at radius 3 is 2.41 bits per heavy atom. The number of fused-ring (bicyclic) bond motifs is 1. The van der Waals surface area contributed by atoms with Crippen molar-refractivity contribution in [3.63, 3.8) is 0 Å². The van der Waals surface area contributed by atoms with Gasteiger partial charge in [0.25, 0.3) is 5.92 Å². The van der Waals surface area contributed by atoms with Crippen LogP contribution in [0.5, 0.6) is 0 Å². The smallest absolute Gasteiger partial charge is 0.348 e. The highest BCUT2D eigenvalue weighted by Gasteiger charge is 2.66. The number of aromatic nitrogens is 6. The summed E-state index contributed by atoms with van der Waals surface area (Å²) >= 11 is 0. The van der Waals surface area contributed by atoms with Gasteiger partial charge < -0.3 is 4.90 Å². The Morgan fingerprint density at radius 2 is 1.82 bits per heavy atom. The molecule has 0 amide bonds. The minimum Gasteiger partial charge on any atom is -0.348 e. The van der Waals surface area contributed by atoms with E-state index in [9.17, 15) is 22.0 Å². The molecule has 0 unspecified atom stereocenters. The monoisotopic (exact) mass is 481 g/mol. The van der Waals surface area contributed by atoms with Crippen LogP contribution in [-0.2, 0) is 17.6 Å². The van der Waals surface area contributed by atoms with Crippen molar-refractivity contribution in [1.29, 1.82) is 0 Å². The molecule has 3 aromatic heterocycles. The number of hydrogen-bond acceptors (Lipinski definition) is 8. The Balaban J connectivity index is 1.60. The average Bonchev–Trinajstić information content (AvgIpc) is 3.36. The number of anilines is 1. The van der Waals surface area contributed by atoms with Gasteiger partial charge in [-0.1, -0.05) is 32.1 Å². The first-order valence-corrected chi connectivity index (χ1v) is 10.5. The number of halogens is 5. The van der Waals surface area contributed by atoms with E-state index in [1.54, 1.807) is 0 Å². The maximum absolute atomic E-state index is 13.9. The first kappa shape index (κ1) is 22.5. The van der Waals surface area contributed by atoms with Crippen LogP contribution in [0.4, 0.5) is 27.8 Å². The number of hydrogen-bond donors (Lipinski definition) is 0. The maximum Gasteiger partial charge on any atom is 0.442 e. The quantitative estimate of drug-likeness (QED) is 0.523. The molecule has 0 aliphatic carbocycles. The Morgan fingerprint density at radius 1 is 1.09 bits per heavy atom. The van der Waals surface area contributed by atoms with Crippen molar-refractivity contribution in [2.45, 2.75) is 56.9 Å². The van der Waals surface area contributed by atoms with Crippen LogP contribution in [0.3, 0.4) is 0 Å². The van der Waals surface area contributed by atoms with Gasteiger partial charge in [0.05, 0.1) is 18.8 Å². The van der Waals surface area contributed by atoms with E-state index in [2.05, 4.69) is 35.5 Å². The number of rotatable bonds is 4. The van der Waals surface area contributed by atoms with E-state index in [1.165, 1.54) is 27.9 Å². The van der Waals surface area contributed by atoms with Crippen LogP contribution in [0.2, 0.25) is 0 Å². The molecular formula is C20H20F5N9. The van der Waals surface area contributed by atoms with Gasteiger partial charge in [-0.3, -0.25) is 4.98 Å². The molecule has 14 heteroatoms. The standard InChI is InChI=1S/C20H20F5N9/c1-17(2,3)16-27-14(33-8-6-18(21,22)10-33)13-15(28-16)34(32-29-13)9-12-11(5-4-7-26-12)19(30-31-19)20(23,24)25/h4-5,7H,6,8-10H2,1-3H3. The number of pyridine rings is 1. The highest BCUT2D eigenvalue weighted by molar-refractivity contribution is 5.83. The minimum atomic E-state index is -4.72. The first-order chi connectivity index (χ1) is 15.8. The third-order valence-corrected chi connectivity index (χ3v) is 5.75. The molecular weight excluding hydrogens is 461 g/mol. The predicted octanol–water partition coefficient (Wildman–Crippen LogP) is 3.99. The molecule has 5 heterocycles. The first-order valence-electron chi connectivity index (χ1n) is 10.5. The summed E-state index contributed by atoms with van der Waals surface area (Å²) in [5.41, 5.74) is -2.95. The van der Waals surface area contributed by atoms with Crippen molar-refractivity contribution in [3.8, 4) is 0 Å². The van der Waals surface area contributed by atoms with Crippen molar-refractivity contribution in [2.75, 3.05) is 18.0 Å². The lowest BCUT2D eigenvalue weighted by atomic mass is 9.96. The lowest BCUT2D eigenvalue weighted by Gasteiger charge is -2.22. The topological polar surface area (TPSA) is 97.3 Å². The molecule has 0 bridgehead atoms. The zero-order valence-electron chi connectivity index (χ0n) is 18.5. The van der Waals surface area contributed by atoms with Gasteiger partial charge >= 0.3 is 11.8 Å². The summed E-state index contributed by atoms with van der Waals surface area (Å²) in [5.74, 6) is -2.27. The predicted molar refractivity (Wildman–Crippen MR) is 110 cm³/mol. The molecule has 0 aromatic carbocycles. The van der Waals surface area contributed by atoms with Crippen molar-refractivity contribution in [1.82, 2.24) is 29.9 Å². The molecule has 0 spiro atoms. The van der Waals surface area contributed by atoms with E-state index in [0.717, 1.165) is 0 Å². The lowest BCUT2D eigenvalue weighted by Crippen LogP contribution is -2.32. The fourth-order valence-electron chi connectivity index (χ4n) is 3.87. The largest absolute Gasteiger partial charge is 0.442 e. The van der Waals surface area contributed by atoms with Crippen LogP contribution in [0.25, 0.3) is 11.2 Å². The van der Waals surface area contributed by atoms with Crippen LogP contribution in [0.1, 0.15) is 44.3 Å². The van der Waals surface area contributed by atoms with Crippen LogP contribution in [0, 0.1) is 0 Å². The molecule has 0 N–H and O–H groups in total. The molecule has 9 nitrogen and oxygen atoms in total. The molecule has 0 saturated carbocycles. The normalized spacial score (nSPS) is 19.2. The van der Waals surface area contributed by atoms with E-state index >= 15 is 0 Å². The van der Waals surface area contributed by atoms with Gasteiger partial charge in [-0.05, 0) is 6.07 Å². The van der Waals surface area contributed by atoms with E-state index in [0.29, 0.717) is 5.82 Å². The van der Waals surface area contributed by atoms with Crippen LogP contribution >= 0.6 is 0 Å². The molecule has 1 fully saturated rings. The maximum atomic E-state index is 13.9. The van der Waals surface area contributed by atoms with E-state index in [4.69, 9.17) is 0 Å². The average molecular weight is 481 g/mol. The molecule has 0 radical (unpaired) electrons. The minimum absolute atomic E-state index is 0.0433. The SMILES string of the molecule is CC(C)(C)c1nc(N2CCC(F)(F)C2)c2nnn(Cc3ncccc3C3(C(F)(F)F)N=N3)c2n1. The van der Waals surface area contributed by atoms with E-state index in [1.807, 2.05) is 20.8 Å². The second kappa shape index (κ2) is 7.09. The third-order valence-electron chi connectivity index (χ3n) is 5.75. The second-order valence-electron chi connectivity index (χ2n) is 9.44. The summed E-state index contributed by atoms with van der Waals surface area (Å²) < 4.78 is 70.0. The molecule has 3 aromatic rings.